The Kier molecular flexibility index (Phi) is 9.41. The van der Waals surface area contributed by atoms with Gasteiger partial charge in [-0.05, 0) is 25.2 Å². The number of aromatic nitrogens is 3. The first kappa shape index (κ1) is 20.6. The SMILES string of the molecule is CN=C(NCCCCn1cnnc1)NCC(CC(C)C)N1CCOCC1. The predicted octanol–water partition coefficient (Wildman–Crippen LogP) is 0.970. The fraction of sp³-hybridized carbons (Fsp3) is 0.833. The van der Waals surface area contributed by atoms with Gasteiger partial charge < -0.3 is 19.9 Å². The van der Waals surface area contributed by atoms with Gasteiger partial charge in [-0.1, -0.05) is 13.8 Å². The number of aryl methyl sites for hydroxylation is 1. The number of morpholine rings is 1. The quantitative estimate of drug-likeness (QED) is 0.365. The molecule has 0 aliphatic carbocycles. The van der Waals surface area contributed by atoms with Gasteiger partial charge in [-0.3, -0.25) is 9.89 Å². The van der Waals surface area contributed by atoms with Crippen LogP contribution in [0.3, 0.4) is 0 Å². The highest BCUT2D eigenvalue weighted by atomic mass is 16.5. The summed E-state index contributed by atoms with van der Waals surface area (Å²) in [6, 6.07) is 0.520. The monoisotopic (exact) mass is 365 g/mol. The van der Waals surface area contributed by atoms with Gasteiger partial charge in [0.1, 0.15) is 12.7 Å². The fourth-order valence-electron chi connectivity index (χ4n) is 3.25. The second-order valence-corrected chi connectivity index (χ2v) is 7.22. The van der Waals surface area contributed by atoms with Crippen LogP contribution in [0, 0.1) is 5.92 Å². The van der Waals surface area contributed by atoms with Gasteiger partial charge >= 0.3 is 0 Å². The average molecular weight is 366 g/mol. The third-order valence-electron chi connectivity index (χ3n) is 4.64. The maximum atomic E-state index is 5.50. The third kappa shape index (κ3) is 7.70. The van der Waals surface area contributed by atoms with Crippen molar-refractivity contribution in [3.05, 3.63) is 12.7 Å². The largest absolute Gasteiger partial charge is 0.379 e. The van der Waals surface area contributed by atoms with Gasteiger partial charge in [0, 0.05) is 45.8 Å². The summed E-state index contributed by atoms with van der Waals surface area (Å²) in [4.78, 5) is 6.90. The lowest BCUT2D eigenvalue weighted by molar-refractivity contribution is 0.0132. The predicted molar refractivity (Wildman–Crippen MR) is 104 cm³/mol. The molecule has 1 aliphatic heterocycles. The highest BCUT2D eigenvalue weighted by molar-refractivity contribution is 5.79. The molecule has 8 heteroatoms. The molecule has 0 radical (unpaired) electrons. The van der Waals surface area contributed by atoms with E-state index in [9.17, 15) is 0 Å². The molecule has 1 aromatic rings. The molecule has 1 aliphatic rings. The number of unbranched alkanes of at least 4 members (excludes halogenated alkanes) is 1. The minimum absolute atomic E-state index is 0.520. The molecule has 26 heavy (non-hydrogen) atoms. The van der Waals surface area contributed by atoms with Gasteiger partial charge in [0.15, 0.2) is 5.96 Å². The summed E-state index contributed by atoms with van der Waals surface area (Å²) < 4.78 is 7.50. The van der Waals surface area contributed by atoms with Gasteiger partial charge in [-0.25, -0.2) is 0 Å². The van der Waals surface area contributed by atoms with E-state index >= 15 is 0 Å². The van der Waals surface area contributed by atoms with Crippen LogP contribution < -0.4 is 10.6 Å². The number of nitrogens with one attached hydrogen (secondary N) is 2. The number of aliphatic imine (C=N–C) groups is 1. The van der Waals surface area contributed by atoms with E-state index in [-0.39, 0.29) is 0 Å². The Morgan fingerprint density at radius 2 is 1.88 bits per heavy atom. The second-order valence-electron chi connectivity index (χ2n) is 7.22. The maximum absolute atomic E-state index is 5.50. The highest BCUT2D eigenvalue weighted by Crippen LogP contribution is 2.12. The molecule has 1 unspecified atom stereocenters. The van der Waals surface area contributed by atoms with Gasteiger partial charge in [0.05, 0.1) is 13.2 Å². The summed E-state index contributed by atoms with van der Waals surface area (Å²) in [7, 11) is 1.83. The number of hydrogen-bond acceptors (Lipinski definition) is 5. The zero-order chi connectivity index (χ0) is 18.6. The lowest BCUT2D eigenvalue weighted by Gasteiger charge is -2.35. The molecule has 1 atom stereocenters. The van der Waals surface area contributed by atoms with E-state index in [1.54, 1.807) is 12.7 Å². The van der Waals surface area contributed by atoms with Crippen molar-refractivity contribution < 1.29 is 4.74 Å². The summed E-state index contributed by atoms with van der Waals surface area (Å²) in [6.45, 7) is 11.1. The van der Waals surface area contributed by atoms with Crippen LogP contribution in [-0.2, 0) is 11.3 Å². The van der Waals surface area contributed by atoms with Crippen LogP contribution in [0.5, 0.6) is 0 Å². The van der Waals surface area contributed by atoms with Crippen molar-refractivity contribution in [3.63, 3.8) is 0 Å². The zero-order valence-electron chi connectivity index (χ0n) is 16.5. The summed E-state index contributed by atoms with van der Waals surface area (Å²) >= 11 is 0. The van der Waals surface area contributed by atoms with E-state index in [1.807, 2.05) is 11.6 Å². The van der Waals surface area contributed by atoms with Gasteiger partial charge in [-0.15, -0.1) is 10.2 Å². The molecule has 148 valence electrons. The number of hydrogen-bond donors (Lipinski definition) is 2. The van der Waals surface area contributed by atoms with Crippen LogP contribution in [0.1, 0.15) is 33.1 Å². The molecule has 0 saturated carbocycles. The number of nitrogens with zero attached hydrogens (tertiary/aromatic N) is 5. The molecule has 1 aromatic heterocycles. The Bertz CT molecular complexity index is 498. The molecule has 0 bridgehead atoms. The number of ether oxygens (including phenoxy) is 1. The molecule has 1 saturated heterocycles. The second kappa shape index (κ2) is 11.9. The summed E-state index contributed by atoms with van der Waals surface area (Å²) in [5.74, 6) is 1.56. The van der Waals surface area contributed by atoms with Crippen molar-refractivity contribution >= 4 is 5.96 Å². The van der Waals surface area contributed by atoms with Crippen molar-refractivity contribution in [1.82, 2.24) is 30.3 Å². The van der Waals surface area contributed by atoms with Crippen LogP contribution in [0.2, 0.25) is 0 Å². The summed E-state index contributed by atoms with van der Waals surface area (Å²) in [6.07, 6.45) is 6.87. The number of guanidine groups is 1. The zero-order valence-corrected chi connectivity index (χ0v) is 16.5. The molecule has 2 N–H and O–H groups in total. The van der Waals surface area contributed by atoms with E-state index in [1.165, 1.54) is 6.42 Å². The molecule has 2 rings (SSSR count). The Morgan fingerprint density at radius 1 is 1.15 bits per heavy atom. The van der Waals surface area contributed by atoms with Crippen LogP contribution in [-0.4, -0.2) is 78.1 Å². The normalized spacial score (nSPS) is 17.5. The van der Waals surface area contributed by atoms with E-state index in [0.717, 1.165) is 64.7 Å². The Labute approximate surface area is 157 Å². The molecule has 1 fully saturated rings. The van der Waals surface area contributed by atoms with E-state index in [4.69, 9.17) is 4.74 Å². The molecule has 0 aromatic carbocycles. The Hall–Kier alpha value is -1.67. The van der Waals surface area contributed by atoms with E-state index in [0.29, 0.717) is 12.0 Å². The molecular formula is C18H35N7O. The molecule has 0 spiro atoms. The minimum Gasteiger partial charge on any atom is -0.379 e. The van der Waals surface area contributed by atoms with Gasteiger partial charge in [0.2, 0.25) is 0 Å². The Balaban J connectivity index is 1.67. The smallest absolute Gasteiger partial charge is 0.191 e. The summed E-state index contributed by atoms with van der Waals surface area (Å²) in [5, 5.41) is 14.6. The standard InChI is InChI=1S/C18H35N7O/c1-16(2)12-17(25-8-10-26-11-9-25)13-21-18(19-3)20-6-4-5-7-24-14-22-23-15-24/h14-17H,4-13H2,1-3H3,(H2,19,20,21). The van der Waals surface area contributed by atoms with Crippen LogP contribution in [0.4, 0.5) is 0 Å². The molecule has 0 amide bonds. The van der Waals surface area contributed by atoms with Crippen molar-refractivity contribution in [2.75, 3.05) is 46.4 Å². The number of rotatable bonds is 10. The van der Waals surface area contributed by atoms with Gasteiger partial charge in [0.25, 0.3) is 0 Å². The van der Waals surface area contributed by atoms with Crippen LogP contribution in [0.15, 0.2) is 17.6 Å². The van der Waals surface area contributed by atoms with Crippen LogP contribution >= 0.6 is 0 Å². The first-order valence-corrected chi connectivity index (χ1v) is 9.77. The Morgan fingerprint density at radius 3 is 2.54 bits per heavy atom. The van der Waals surface area contributed by atoms with Crippen molar-refractivity contribution in [3.8, 4) is 0 Å². The molecular weight excluding hydrogens is 330 g/mol. The van der Waals surface area contributed by atoms with Crippen molar-refractivity contribution in [1.29, 1.82) is 0 Å². The lowest BCUT2D eigenvalue weighted by atomic mass is 10.0. The minimum atomic E-state index is 0.520. The third-order valence-corrected chi connectivity index (χ3v) is 4.64. The summed E-state index contributed by atoms with van der Waals surface area (Å²) in [5.41, 5.74) is 0. The van der Waals surface area contributed by atoms with Crippen LogP contribution in [0.25, 0.3) is 0 Å². The van der Waals surface area contributed by atoms with E-state index < -0.39 is 0 Å². The maximum Gasteiger partial charge on any atom is 0.191 e. The van der Waals surface area contributed by atoms with Crippen molar-refractivity contribution in [2.24, 2.45) is 10.9 Å². The molecule has 2 heterocycles. The van der Waals surface area contributed by atoms with E-state index in [2.05, 4.69) is 44.6 Å². The van der Waals surface area contributed by atoms with Gasteiger partial charge in [-0.2, -0.15) is 0 Å². The fourth-order valence-corrected chi connectivity index (χ4v) is 3.25. The highest BCUT2D eigenvalue weighted by Gasteiger charge is 2.22. The first-order valence-electron chi connectivity index (χ1n) is 9.77. The average Bonchev–Trinajstić information content (AvgIpc) is 3.16. The topological polar surface area (TPSA) is 79.6 Å². The molecule has 8 nitrogen and oxygen atoms in total. The van der Waals surface area contributed by atoms with Crippen molar-refractivity contribution in [2.45, 2.75) is 45.7 Å². The lowest BCUT2D eigenvalue weighted by Crippen LogP contribution is -2.51. The first-order chi connectivity index (χ1) is 12.7.